The molecule has 1 unspecified atom stereocenters. The number of carbonyl (C=O) groups excluding carboxylic acids is 1. The summed E-state index contributed by atoms with van der Waals surface area (Å²) < 4.78 is 30.7. The van der Waals surface area contributed by atoms with Crippen LogP contribution in [0.15, 0.2) is 0 Å². The van der Waals surface area contributed by atoms with E-state index >= 15 is 0 Å². The Morgan fingerprint density at radius 1 is 1.29 bits per heavy atom. The monoisotopic (exact) mass is 265 g/mol. The molecule has 1 atom stereocenters. The lowest BCUT2D eigenvalue weighted by molar-refractivity contribution is -0.147. The van der Waals surface area contributed by atoms with Gasteiger partial charge in [-0.2, -0.15) is 4.72 Å². The first-order valence-electron chi connectivity index (χ1n) is 5.91. The number of ether oxygens (including phenoxy) is 1. The summed E-state index contributed by atoms with van der Waals surface area (Å²) in [7, 11) is -2.17. The average Bonchev–Trinajstić information content (AvgIpc) is 2.24. The molecule has 1 N–H and O–H groups in total. The van der Waals surface area contributed by atoms with Crippen LogP contribution < -0.4 is 4.72 Å². The highest BCUT2D eigenvalue weighted by atomic mass is 32.2. The molecule has 0 heterocycles. The summed E-state index contributed by atoms with van der Waals surface area (Å²) >= 11 is 0. The molecule has 6 heteroatoms. The number of unbranched alkanes of at least 4 members (excludes halogenated alkanes) is 1. The summed E-state index contributed by atoms with van der Waals surface area (Å²) in [6.07, 6.45) is 2.50. The summed E-state index contributed by atoms with van der Waals surface area (Å²) in [4.78, 5) is 11.6. The Kier molecular flexibility index (Phi) is 6.70. The zero-order valence-electron chi connectivity index (χ0n) is 11.1. The van der Waals surface area contributed by atoms with Crippen LogP contribution in [0.2, 0.25) is 0 Å². The number of sulfonamides is 1. The third kappa shape index (κ3) is 5.50. The highest BCUT2D eigenvalue weighted by Gasteiger charge is 2.37. The van der Waals surface area contributed by atoms with Gasteiger partial charge in [0, 0.05) is 0 Å². The Morgan fingerprint density at radius 3 is 2.29 bits per heavy atom. The lowest BCUT2D eigenvalue weighted by Crippen LogP contribution is -2.53. The number of hydrogen-bond donors (Lipinski definition) is 1. The molecule has 0 aliphatic heterocycles. The Labute approximate surface area is 104 Å². The Hall–Kier alpha value is -0.620. The average molecular weight is 265 g/mol. The molecule has 0 aromatic heterocycles. The Balaban J connectivity index is 4.81. The van der Waals surface area contributed by atoms with E-state index in [2.05, 4.69) is 9.46 Å². The Morgan fingerprint density at radius 2 is 1.88 bits per heavy atom. The van der Waals surface area contributed by atoms with E-state index in [0.717, 1.165) is 6.42 Å². The molecular weight excluding hydrogens is 242 g/mol. The molecular formula is C11H23NO4S. The van der Waals surface area contributed by atoms with Crippen LogP contribution in [-0.2, 0) is 19.6 Å². The van der Waals surface area contributed by atoms with E-state index in [4.69, 9.17) is 0 Å². The maximum absolute atomic E-state index is 11.8. The molecule has 0 amide bonds. The number of carbonyl (C=O) groups is 1. The highest BCUT2D eigenvalue weighted by molar-refractivity contribution is 7.89. The third-order valence-electron chi connectivity index (χ3n) is 2.53. The fourth-order valence-electron chi connectivity index (χ4n) is 1.65. The Bertz CT molecular complexity index is 339. The van der Waals surface area contributed by atoms with Crippen LogP contribution in [-0.4, -0.2) is 32.8 Å². The molecule has 0 aromatic rings. The van der Waals surface area contributed by atoms with Crippen molar-refractivity contribution in [1.82, 2.24) is 4.72 Å². The van der Waals surface area contributed by atoms with Crippen molar-refractivity contribution in [3.05, 3.63) is 0 Å². The summed E-state index contributed by atoms with van der Waals surface area (Å²) in [6.45, 7) is 5.37. The van der Waals surface area contributed by atoms with E-state index in [0.29, 0.717) is 19.3 Å². The van der Waals surface area contributed by atoms with Gasteiger partial charge in [0.2, 0.25) is 10.0 Å². The topological polar surface area (TPSA) is 72.5 Å². The molecule has 0 aliphatic carbocycles. The maximum atomic E-state index is 11.8. The van der Waals surface area contributed by atoms with Crippen molar-refractivity contribution >= 4 is 16.0 Å². The van der Waals surface area contributed by atoms with Crippen molar-refractivity contribution < 1.29 is 17.9 Å². The summed E-state index contributed by atoms with van der Waals surface area (Å²) in [5.41, 5.74) is -1.16. The molecule has 17 heavy (non-hydrogen) atoms. The van der Waals surface area contributed by atoms with Gasteiger partial charge in [0.1, 0.15) is 5.54 Å². The van der Waals surface area contributed by atoms with Gasteiger partial charge in [-0.15, -0.1) is 0 Å². The van der Waals surface area contributed by atoms with E-state index in [9.17, 15) is 13.2 Å². The SMILES string of the molecule is CCCCS(=O)(=O)NC(C)(CCC)C(=O)OC. The minimum Gasteiger partial charge on any atom is -0.468 e. The van der Waals surface area contributed by atoms with Crippen LogP contribution in [0.1, 0.15) is 46.5 Å². The van der Waals surface area contributed by atoms with E-state index < -0.39 is 21.5 Å². The summed E-state index contributed by atoms with van der Waals surface area (Å²) in [5.74, 6) is -0.501. The fourth-order valence-corrected chi connectivity index (χ4v) is 3.29. The third-order valence-corrected chi connectivity index (χ3v) is 4.12. The van der Waals surface area contributed by atoms with Gasteiger partial charge in [0.25, 0.3) is 0 Å². The second-order valence-electron chi connectivity index (χ2n) is 4.35. The zero-order chi connectivity index (χ0) is 13.5. The van der Waals surface area contributed by atoms with Crippen molar-refractivity contribution in [2.45, 2.75) is 52.0 Å². The molecule has 5 nitrogen and oxygen atoms in total. The molecule has 102 valence electrons. The lowest BCUT2D eigenvalue weighted by Gasteiger charge is -2.27. The van der Waals surface area contributed by atoms with Crippen LogP contribution in [0.4, 0.5) is 0 Å². The van der Waals surface area contributed by atoms with E-state index in [1.54, 1.807) is 6.92 Å². The maximum Gasteiger partial charge on any atom is 0.326 e. The molecule has 0 bridgehead atoms. The van der Waals surface area contributed by atoms with Gasteiger partial charge in [-0.1, -0.05) is 26.7 Å². The quantitative estimate of drug-likeness (QED) is 0.674. The summed E-state index contributed by atoms with van der Waals surface area (Å²) in [5, 5.41) is 0. The standard InChI is InChI=1S/C11H23NO4S/c1-5-7-9-17(14,15)12-11(3,8-6-2)10(13)16-4/h12H,5-9H2,1-4H3. The first kappa shape index (κ1) is 16.4. The van der Waals surface area contributed by atoms with Crippen molar-refractivity contribution in [3.8, 4) is 0 Å². The zero-order valence-corrected chi connectivity index (χ0v) is 11.9. The number of methoxy groups -OCH3 is 1. The van der Waals surface area contributed by atoms with Gasteiger partial charge in [-0.3, -0.25) is 4.79 Å². The van der Waals surface area contributed by atoms with Gasteiger partial charge in [-0.25, -0.2) is 8.42 Å². The van der Waals surface area contributed by atoms with Crippen LogP contribution in [0.25, 0.3) is 0 Å². The van der Waals surface area contributed by atoms with Gasteiger partial charge < -0.3 is 4.74 Å². The minimum atomic E-state index is -3.43. The normalized spacial score (nSPS) is 15.3. The van der Waals surface area contributed by atoms with Crippen LogP contribution in [0.3, 0.4) is 0 Å². The molecule has 0 radical (unpaired) electrons. The molecule has 0 fully saturated rings. The van der Waals surface area contributed by atoms with Gasteiger partial charge in [0.15, 0.2) is 0 Å². The smallest absolute Gasteiger partial charge is 0.326 e. The molecule has 0 rings (SSSR count). The number of rotatable bonds is 8. The first-order valence-corrected chi connectivity index (χ1v) is 7.56. The predicted octanol–water partition coefficient (Wildman–Crippen LogP) is 1.44. The summed E-state index contributed by atoms with van der Waals surface area (Å²) in [6, 6.07) is 0. The highest BCUT2D eigenvalue weighted by Crippen LogP contribution is 2.16. The lowest BCUT2D eigenvalue weighted by atomic mass is 9.98. The molecule has 0 aliphatic rings. The van der Waals surface area contributed by atoms with E-state index in [-0.39, 0.29) is 5.75 Å². The van der Waals surface area contributed by atoms with Crippen molar-refractivity contribution in [2.75, 3.05) is 12.9 Å². The largest absolute Gasteiger partial charge is 0.468 e. The number of esters is 1. The molecule has 0 spiro atoms. The number of nitrogens with one attached hydrogen (secondary N) is 1. The van der Waals surface area contributed by atoms with Gasteiger partial charge >= 0.3 is 5.97 Å². The van der Waals surface area contributed by atoms with Gasteiger partial charge in [-0.05, 0) is 19.8 Å². The van der Waals surface area contributed by atoms with Crippen molar-refractivity contribution in [3.63, 3.8) is 0 Å². The van der Waals surface area contributed by atoms with Crippen molar-refractivity contribution in [2.24, 2.45) is 0 Å². The minimum absolute atomic E-state index is 0.0415. The van der Waals surface area contributed by atoms with Crippen LogP contribution in [0.5, 0.6) is 0 Å². The predicted molar refractivity (Wildman–Crippen MR) is 67.2 cm³/mol. The molecule has 0 aromatic carbocycles. The van der Waals surface area contributed by atoms with Crippen LogP contribution in [0, 0.1) is 0 Å². The van der Waals surface area contributed by atoms with E-state index in [1.165, 1.54) is 7.11 Å². The molecule has 0 saturated carbocycles. The second-order valence-corrected chi connectivity index (χ2v) is 6.19. The van der Waals surface area contributed by atoms with Gasteiger partial charge in [0.05, 0.1) is 12.9 Å². The second kappa shape index (κ2) is 6.96. The first-order chi connectivity index (χ1) is 7.81. The van der Waals surface area contributed by atoms with E-state index in [1.807, 2.05) is 13.8 Å². The van der Waals surface area contributed by atoms with Crippen molar-refractivity contribution in [1.29, 1.82) is 0 Å². The van der Waals surface area contributed by atoms with Crippen LogP contribution >= 0.6 is 0 Å². The fraction of sp³-hybridized carbons (Fsp3) is 0.909. The molecule has 0 saturated heterocycles. The number of hydrogen-bond acceptors (Lipinski definition) is 4.